The van der Waals surface area contributed by atoms with Gasteiger partial charge in [-0.25, -0.2) is 5.43 Å². The van der Waals surface area contributed by atoms with Crippen LogP contribution in [-0.2, 0) is 9.59 Å². The van der Waals surface area contributed by atoms with E-state index in [0.717, 1.165) is 12.8 Å². The van der Waals surface area contributed by atoms with E-state index in [4.69, 9.17) is 5.73 Å². The van der Waals surface area contributed by atoms with Crippen molar-refractivity contribution in [1.29, 1.82) is 0 Å². The van der Waals surface area contributed by atoms with E-state index in [2.05, 4.69) is 17.5 Å². The van der Waals surface area contributed by atoms with Crippen LogP contribution in [0.3, 0.4) is 0 Å². The highest BCUT2D eigenvalue weighted by atomic mass is 16.2. The number of hydrazone groups is 1. The second kappa shape index (κ2) is 7.51. The fourth-order valence-electron chi connectivity index (χ4n) is 2.12. The van der Waals surface area contributed by atoms with E-state index in [0.29, 0.717) is 0 Å². The predicted octanol–water partition coefficient (Wildman–Crippen LogP) is 1.51. The lowest BCUT2D eigenvalue weighted by Crippen LogP contribution is -2.42. The summed E-state index contributed by atoms with van der Waals surface area (Å²) >= 11 is 0. The minimum absolute atomic E-state index is 0.0822. The van der Waals surface area contributed by atoms with Crippen molar-refractivity contribution >= 4 is 17.5 Å². The minimum Gasteiger partial charge on any atom is -0.364 e. The summed E-state index contributed by atoms with van der Waals surface area (Å²) in [5, 5.41) is 3.80. The van der Waals surface area contributed by atoms with Crippen molar-refractivity contribution in [2.45, 2.75) is 33.1 Å². The van der Waals surface area contributed by atoms with Gasteiger partial charge in [0.25, 0.3) is 5.91 Å². The molecule has 0 aliphatic carbocycles. The van der Waals surface area contributed by atoms with Gasteiger partial charge in [0, 0.05) is 12.3 Å². The molecular weight excluding hydrogens is 242 g/mol. The Morgan fingerprint density at radius 2 is 2.26 bits per heavy atom. The van der Waals surface area contributed by atoms with Crippen LogP contribution < -0.4 is 11.2 Å². The third kappa shape index (κ3) is 4.35. The second-order valence-corrected chi connectivity index (χ2v) is 4.50. The van der Waals surface area contributed by atoms with Crippen LogP contribution in [0.25, 0.3) is 0 Å². The number of carbonyl (C=O) groups is 2. The molecule has 19 heavy (non-hydrogen) atoms. The molecule has 0 aromatic heterocycles. The molecule has 5 nitrogen and oxygen atoms in total. The number of carbonyl (C=O) groups excluding carboxylic acids is 2. The maximum atomic E-state index is 11.4. The summed E-state index contributed by atoms with van der Waals surface area (Å²) in [6, 6.07) is 0. The summed E-state index contributed by atoms with van der Waals surface area (Å²) in [6.07, 6.45) is 10.0. The smallest absolute Gasteiger partial charge is 0.265 e. The van der Waals surface area contributed by atoms with Gasteiger partial charge in [-0.2, -0.15) is 5.10 Å². The molecule has 0 saturated carbocycles. The zero-order valence-electron chi connectivity index (χ0n) is 11.4. The van der Waals surface area contributed by atoms with Crippen LogP contribution in [0.4, 0.5) is 0 Å². The zero-order valence-corrected chi connectivity index (χ0v) is 11.4. The highest BCUT2D eigenvalue weighted by molar-refractivity contribution is 6.40. The predicted molar refractivity (Wildman–Crippen MR) is 75.2 cm³/mol. The van der Waals surface area contributed by atoms with Crippen LogP contribution in [-0.4, -0.2) is 17.5 Å². The number of nitrogens with one attached hydrogen (secondary N) is 1. The van der Waals surface area contributed by atoms with Crippen LogP contribution in [0.15, 0.2) is 29.4 Å². The van der Waals surface area contributed by atoms with E-state index in [1.165, 1.54) is 0 Å². The lowest BCUT2D eigenvalue weighted by molar-refractivity contribution is -0.122. The van der Waals surface area contributed by atoms with Gasteiger partial charge >= 0.3 is 0 Å². The van der Waals surface area contributed by atoms with Crippen molar-refractivity contribution in [1.82, 2.24) is 5.43 Å². The van der Waals surface area contributed by atoms with Gasteiger partial charge in [0.15, 0.2) is 0 Å². The maximum Gasteiger partial charge on any atom is 0.265 e. The Kier molecular flexibility index (Phi) is 5.99. The maximum absolute atomic E-state index is 11.4. The Morgan fingerprint density at radius 3 is 2.84 bits per heavy atom. The number of primary amides is 1. The molecule has 0 saturated heterocycles. The summed E-state index contributed by atoms with van der Waals surface area (Å²) in [4.78, 5) is 22.8. The summed E-state index contributed by atoms with van der Waals surface area (Å²) in [5.74, 6) is -0.895. The lowest BCUT2D eigenvalue weighted by atomic mass is 9.82. The Morgan fingerprint density at radius 1 is 1.53 bits per heavy atom. The van der Waals surface area contributed by atoms with Gasteiger partial charge in [0.1, 0.15) is 5.71 Å². The summed E-state index contributed by atoms with van der Waals surface area (Å²) in [5.41, 5.74) is 7.88. The van der Waals surface area contributed by atoms with Gasteiger partial charge in [0.05, 0.1) is 0 Å². The molecule has 0 spiro atoms. The largest absolute Gasteiger partial charge is 0.364 e. The quantitative estimate of drug-likeness (QED) is 0.712. The number of allylic oxidation sites excluding steroid dienone is 4. The van der Waals surface area contributed by atoms with Gasteiger partial charge < -0.3 is 5.73 Å². The number of hydrogen-bond donors (Lipinski definition) is 2. The zero-order chi connectivity index (χ0) is 14.3. The van der Waals surface area contributed by atoms with E-state index in [-0.39, 0.29) is 29.9 Å². The SMILES string of the molecule is CC/C=C/C=CC(CC)C1CC(=O)NN=C1C(N)=O. The number of nitrogens with zero attached hydrogens (tertiary/aromatic N) is 1. The van der Waals surface area contributed by atoms with Crippen molar-refractivity contribution in [3.05, 3.63) is 24.3 Å². The molecule has 1 rings (SSSR count). The van der Waals surface area contributed by atoms with Crippen LogP contribution in [0.2, 0.25) is 0 Å². The molecule has 0 aromatic carbocycles. The first-order valence-electron chi connectivity index (χ1n) is 6.59. The Balaban J connectivity index is 2.88. The highest BCUT2D eigenvalue weighted by Crippen LogP contribution is 2.24. The minimum atomic E-state index is -0.569. The fourth-order valence-corrected chi connectivity index (χ4v) is 2.12. The second-order valence-electron chi connectivity index (χ2n) is 4.50. The summed E-state index contributed by atoms with van der Waals surface area (Å²) in [7, 11) is 0. The van der Waals surface area contributed by atoms with Crippen molar-refractivity contribution in [2.24, 2.45) is 22.7 Å². The molecule has 0 bridgehead atoms. The average Bonchev–Trinajstić information content (AvgIpc) is 2.38. The molecule has 104 valence electrons. The van der Waals surface area contributed by atoms with Crippen molar-refractivity contribution in [3.63, 3.8) is 0 Å². The van der Waals surface area contributed by atoms with Gasteiger partial charge in [-0.3, -0.25) is 9.59 Å². The third-order valence-electron chi connectivity index (χ3n) is 3.14. The van der Waals surface area contributed by atoms with Crippen LogP contribution >= 0.6 is 0 Å². The number of rotatable bonds is 6. The Hall–Kier alpha value is -1.91. The molecule has 2 amide bonds. The molecule has 2 unspecified atom stereocenters. The van der Waals surface area contributed by atoms with Crippen molar-refractivity contribution in [2.75, 3.05) is 0 Å². The Labute approximate surface area is 113 Å². The fraction of sp³-hybridized carbons (Fsp3) is 0.500. The van der Waals surface area contributed by atoms with Gasteiger partial charge in [-0.15, -0.1) is 0 Å². The molecule has 0 fully saturated rings. The van der Waals surface area contributed by atoms with E-state index < -0.39 is 5.91 Å². The molecule has 5 heteroatoms. The number of hydrogen-bond acceptors (Lipinski definition) is 3. The van der Waals surface area contributed by atoms with Gasteiger partial charge in [-0.05, 0) is 18.8 Å². The lowest BCUT2D eigenvalue weighted by Gasteiger charge is -2.26. The molecule has 1 aliphatic rings. The monoisotopic (exact) mass is 263 g/mol. The first-order chi connectivity index (χ1) is 9.10. The van der Waals surface area contributed by atoms with E-state index in [9.17, 15) is 9.59 Å². The van der Waals surface area contributed by atoms with E-state index >= 15 is 0 Å². The van der Waals surface area contributed by atoms with Crippen molar-refractivity contribution < 1.29 is 9.59 Å². The van der Waals surface area contributed by atoms with Crippen LogP contribution in [0.5, 0.6) is 0 Å². The standard InChI is InChI=1S/C14H21N3O2/c1-3-5-6-7-8-10(4-2)11-9-12(18)16-17-13(11)14(15)19/h5-8,10-11H,3-4,9H2,1-2H3,(H2,15,19)(H,16,18)/b6-5+,8-7?. The molecule has 1 aliphatic heterocycles. The highest BCUT2D eigenvalue weighted by Gasteiger charge is 2.32. The van der Waals surface area contributed by atoms with Crippen LogP contribution in [0.1, 0.15) is 33.1 Å². The van der Waals surface area contributed by atoms with Gasteiger partial charge in [0.2, 0.25) is 5.91 Å². The molecule has 0 aromatic rings. The number of nitrogens with two attached hydrogens (primary N) is 1. The summed E-state index contributed by atoms with van der Waals surface area (Å²) in [6.45, 7) is 4.08. The molecule has 0 radical (unpaired) electrons. The topological polar surface area (TPSA) is 84.6 Å². The average molecular weight is 263 g/mol. The Bertz CT molecular complexity index is 424. The molecule has 3 N–H and O–H groups in total. The van der Waals surface area contributed by atoms with E-state index in [1.54, 1.807) is 0 Å². The van der Waals surface area contributed by atoms with E-state index in [1.807, 2.05) is 31.2 Å². The van der Waals surface area contributed by atoms with Crippen molar-refractivity contribution in [3.8, 4) is 0 Å². The number of amides is 2. The normalized spacial score (nSPS) is 21.5. The summed E-state index contributed by atoms with van der Waals surface area (Å²) < 4.78 is 0. The third-order valence-corrected chi connectivity index (χ3v) is 3.14. The first kappa shape index (κ1) is 15.1. The molecular formula is C14H21N3O2. The molecule has 1 heterocycles. The van der Waals surface area contributed by atoms with Crippen LogP contribution in [0, 0.1) is 11.8 Å². The molecule has 2 atom stereocenters. The first-order valence-corrected chi connectivity index (χ1v) is 6.59. The van der Waals surface area contributed by atoms with Gasteiger partial charge in [-0.1, -0.05) is 38.2 Å².